The molecular formula is C14H8BrF3N4O2S2. The first-order chi connectivity index (χ1) is 12.3. The third kappa shape index (κ3) is 4.83. The van der Waals surface area contributed by atoms with Gasteiger partial charge in [0.1, 0.15) is 5.75 Å². The Hall–Kier alpha value is -1.92. The number of Topliss-reactive ketones (excluding diaryl/α,β-unsaturated/α-hetero) is 1. The van der Waals surface area contributed by atoms with E-state index in [2.05, 4.69) is 36.2 Å². The van der Waals surface area contributed by atoms with Gasteiger partial charge in [0.25, 0.3) is 0 Å². The molecule has 3 rings (SSSR count). The second kappa shape index (κ2) is 7.76. The smallest absolute Gasteiger partial charge is 0.406 e. The van der Waals surface area contributed by atoms with Gasteiger partial charge >= 0.3 is 6.36 Å². The Kier molecular flexibility index (Phi) is 5.63. The molecule has 0 spiro atoms. The van der Waals surface area contributed by atoms with E-state index in [1.807, 2.05) is 0 Å². The number of tetrazole rings is 1. The molecule has 0 unspecified atom stereocenters. The lowest BCUT2D eigenvalue weighted by Gasteiger charge is -2.09. The molecule has 0 N–H and O–H groups in total. The van der Waals surface area contributed by atoms with Gasteiger partial charge in [-0.25, -0.2) is 0 Å². The van der Waals surface area contributed by atoms with Gasteiger partial charge in [0.05, 0.1) is 20.1 Å². The summed E-state index contributed by atoms with van der Waals surface area (Å²) in [5, 5.41) is 11.5. The maximum atomic E-state index is 12.2. The minimum absolute atomic E-state index is 0.0748. The predicted octanol–water partition coefficient (Wildman–Crippen LogP) is 4.36. The van der Waals surface area contributed by atoms with Crippen LogP contribution in [0.5, 0.6) is 5.75 Å². The number of carbonyl (C=O) groups is 1. The molecule has 2 aromatic heterocycles. The van der Waals surface area contributed by atoms with E-state index in [1.165, 1.54) is 28.2 Å². The molecule has 136 valence electrons. The Balaban J connectivity index is 1.69. The summed E-state index contributed by atoms with van der Waals surface area (Å²) in [7, 11) is 0. The molecule has 3 aromatic rings. The van der Waals surface area contributed by atoms with Crippen molar-refractivity contribution in [3.05, 3.63) is 45.1 Å². The zero-order valence-corrected chi connectivity index (χ0v) is 15.8. The summed E-state index contributed by atoms with van der Waals surface area (Å²) in [4.78, 5) is 12.8. The fourth-order valence-electron chi connectivity index (χ4n) is 1.89. The van der Waals surface area contributed by atoms with Crippen LogP contribution in [0.15, 0.2) is 45.3 Å². The standard InChI is InChI=1S/C14H8BrF3N4O2S2/c15-12-6-5-11(26-12)10(23)7-25-13-19-20-21-22(13)8-1-3-9(4-2-8)24-14(16,17)18/h1-6H,7H2. The molecule has 0 saturated heterocycles. The maximum Gasteiger partial charge on any atom is 0.573 e. The summed E-state index contributed by atoms with van der Waals surface area (Å²) in [6.45, 7) is 0. The molecule has 2 heterocycles. The first kappa shape index (κ1) is 18.9. The van der Waals surface area contributed by atoms with Crippen LogP contribution < -0.4 is 4.74 Å². The molecule has 0 bridgehead atoms. The van der Waals surface area contributed by atoms with Gasteiger partial charge in [0.2, 0.25) is 5.16 Å². The highest BCUT2D eigenvalue weighted by atomic mass is 79.9. The van der Waals surface area contributed by atoms with Crippen LogP contribution >= 0.6 is 39.0 Å². The first-order valence-electron chi connectivity index (χ1n) is 6.88. The number of hydrogen-bond acceptors (Lipinski definition) is 7. The van der Waals surface area contributed by atoms with Crippen molar-refractivity contribution in [1.82, 2.24) is 20.2 Å². The molecule has 26 heavy (non-hydrogen) atoms. The molecule has 0 saturated carbocycles. The zero-order chi connectivity index (χ0) is 18.7. The van der Waals surface area contributed by atoms with Crippen LogP contribution in [0.1, 0.15) is 9.67 Å². The summed E-state index contributed by atoms with van der Waals surface area (Å²) >= 11 is 5.76. The molecule has 1 aromatic carbocycles. The van der Waals surface area contributed by atoms with Gasteiger partial charge in [-0.05, 0) is 62.8 Å². The monoisotopic (exact) mass is 464 g/mol. The van der Waals surface area contributed by atoms with Crippen LogP contribution in [0.25, 0.3) is 5.69 Å². The van der Waals surface area contributed by atoms with E-state index in [0.29, 0.717) is 15.7 Å². The van der Waals surface area contributed by atoms with Crippen molar-refractivity contribution >= 4 is 44.8 Å². The van der Waals surface area contributed by atoms with E-state index in [1.54, 1.807) is 12.1 Å². The molecule has 6 nitrogen and oxygen atoms in total. The summed E-state index contributed by atoms with van der Waals surface area (Å²) in [6.07, 6.45) is -4.76. The Morgan fingerprint density at radius 2 is 1.96 bits per heavy atom. The van der Waals surface area contributed by atoms with Gasteiger partial charge in [-0.1, -0.05) is 11.8 Å². The number of rotatable bonds is 6. The largest absolute Gasteiger partial charge is 0.573 e. The first-order valence-corrected chi connectivity index (χ1v) is 9.47. The number of benzene rings is 1. The summed E-state index contributed by atoms with van der Waals surface area (Å²) in [5.41, 5.74) is 0.443. The van der Waals surface area contributed by atoms with Crippen molar-refractivity contribution in [2.75, 3.05) is 5.75 Å². The number of alkyl halides is 3. The third-order valence-electron chi connectivity index (χ3n) is 2.94. The van der Waals surface area contributed by atoms with Gasteiger partial charge in [-0.15, -0.1) is 29.6 Å². The lowest BCUT2D eigenvalue weighted by Crippen LogP contribution is -2.17. The van der Waals surface area contributed by atoms with Crippen molar-refractivity contribution in [2.24, 2.45) is 0 Å². The molecule has 0 fully saturated rings. The molecule has 12 heteroatoms. The number of nitrogens with zero attached hydrogens (tertiary/aromatic N) is 4. The van der Waals surface area contributed by atoms with Crippen molar-refractivity contribution in [2.45, 2.75) is 11.5 Å². The molecule has 0 radical (unpaired) electrons. The third-order valence-corrected chi connectivity index (χ3v) is 5.52. The lowest BCUT2D eigenvalue weighted by molar-refractivity contribution is -0.274. The molecule has 0 atom stereocenters. The number of ketones is 1. The normalized spacial score (nSPS) is 11.5. The van der Waals surface area contributed by atoms with E-state index in [0.717, 1.165) is 27.7 Å². The summed E-state index contributed by atoms with van der Waals surface area (Å²) in [5.74, 6) is -0.293. The van der Waals surface area contributed by atoms with Crippen molar-refractivity contribution in [3.8, 4) is 11.4 Å². The van der Waals surface area contributed by atoms with Crippen molar-refractivity contribution in [3.63, 3.8) is 0 Å². The highest BCUT2D eigenvalue weighted by Crippen LogP contribution is 2.27. The lowest BCUT2D eigenvalue weighted by atomic mass is 10.3. The topological polar surface area (TPSA) is 69.9 Å². The number of aromatic nitrogens is 4. The number of carbonyl (C=O) groups excluding carboxylic acids is 1. The highest BCUT2D eigenvalue weighted by Gasteiger charge is 2.31. The van der Waals surface area contributed by atoms with Gasteiger partial charge in [-0.2, -0.15) is 4.68 Å². The van der Waals surface area contributed by atoms with Crippen LogP contribution in [-0.2, 0) is 0 Å². The Morgan fingerprint density at radius 1 is 1.23 bits per heavy atom. The maximum absolute atomic E-state index is 12.2. The number of ether oxygens (including phenoxy) is 1. The Labute approximate surface area is 161 Å². The minimum Gasteiger partial charge on any atom is -0.406 e. The second-order valence-corrected chi connectivity index (χ2v) is 8.14. The predicted molar refractivity (Wildman–Crippen MR) is 92.9 cm³/mol. The Bertz CT molecular complexity index is 912. The van der Waals surface area contributed by atoms with Gasteiger partial charge in [0.15, 0.2) is 5.78 Å². The van der Waals surface area contributed by atoms with Gasteiger partial charge in [-0.3, -0.25) is 4.79 Å². The quantitative estimate of drug-likeness (QED) is 0.398. The molecule has 0 aliphatic rings. The van der Waals surface area contributed by atoms with E-state index in [9.17, 15) is 18.0 Å². The average Bonchev–Trinajstić information content (AvgIpc) is 3.21. The van der Waals surface area contributed by atoms with Crippen molar-refractivity contribution < 1.29 is 22.7 Å². The van der Waals surface area contributed by atoms with Crippen LogP contribution in [0.2, 0.25) is 0 Å². The zero-order valence-electron chi connectivity index (χ0n) is 12.6. The van der Waals surface area contributed by atoms with E-state index >= 15 is 0 Å². The van der Waals surface area contributed by atoms with E-state index < -0.39 is 6.36 Å². The average molecular weight is 465 g/mol. The molecule has 0 aliphatic heterocycles. The highest BCUT2D eigenvalue weighted by molar-refractivity contribution is 9.11. The summed E-state index contributed by atoms with van der Waals surface area (Å²) < 4.78 is 42.6. The number of thiophene rings is 1. The van der Waals surface area contributed by atoms with Crippen LogP contribution in [0.3, 0.4) is 0 Å². The minimum atomic E-state index is -4.76. The number of thioether (sulfide) groups is 1. The second-order valence-electron chi connectivity index (χ2n) is 4.73. The summed E-state index contributed by atoms with van der Waals surface area (Å²) in [6, 6.07) is 8.61. The van der Waals surface area contributed by atoms with E-state index in [4.69, 9.17) is 0 Å². The van der Waals surface area contributed by atoms with Crippen LogP contribution in [0.4, 0.5) is 13.2 Å². The SMILES string of the molecule is O=C(CSc1nnnn1-c1ccc(OC(F)(F)F)cc1)c1ccc(Br)s1. The van der Waals surface area contributed by atoms with Crippen LogP contribution in [-0.4, -0.2) is 38.1 Å². The van der Waals surface area contributed by atoms with Gasteiger partial charge in [0, 0.05) is 0 Å². The Morgan fingerprint density at radius 3 is 2.58 bits per heavy atom. The number of hydrogen-bond donors (Lipinski definition) is 0. The van der Waals surface area contributed by atoms with Gasteiger partial charge < -0.3 is 4.74 Å². The van der Waals surface area contributed by atoms with Crippen molar-refractivity contribution in [1.29, 1.82) is 0 Å². The molecule has 0 aliphatic carbocycles. The van der Waals surface area contributed by atoms with Crippen LogP contribution in [0, 0.1) is 0 Å². The molecule has 0 amide bonds. The fourth-order valence-corrected chi connectivity index (χ4v) is 4.07. The van der Waals surface area contributed by atoms with E-state index in [-0.39, 0.29) is 17.3 Å². The fraction of sp³-hybridized carbons (Fsp3) is 0.143. The molecular weight excluding hydrogens is 457 g/mol. The number of halogens is 4.